The second-order valence-electron chi connectivity index (χ2n) is 3.63. The summed E-state index contributed by atoms with van der Waals surface area (Å²) in [6.07, 6.45) is 2.82. The predicted molar refractivity (Wildman–Crippen MR) is 58.2 cm³/mol. The molecule has 1 rings (SSSR count). The van der Waals surface area contributed by atoms with Gasteiger partial charge in [0.25, 0.3) is 0 Å². The Morgan fingerprint density at radius 2 is 1.36 bits per heavy atom. The molecule has 0 aromatic heterocycles. The molecular formula is C10H17NO2Sn. The zero-order valence-electron chi connectivity index (χ0n) is 9.04. The fourth-order valence-corrected chi connectivity index (χ4v) is 12.2. The molecule has 78 valence electrons. The third-order valence-electron chi connectivity index (χ3n) is 3.26. The Bertz CT molecular complexity index is 256. The predicted octanol–water partition coefficient (Wildman–Crippen LogP) is 1.92. The molecule has 4 heteroatoms. The first-order valence-electron chi connectivity index (χ1n) is 5.17. The van der Waals surface area contributed by atoms with Crippen molar-refractivity contribution in [1.29, 1.82) is 0 Å². The number of amides is 2. The second-order valence-corrected chi connectivity index (χ2v) is 17.9. The van der Waals surface area contributed by atoms with Gasteiger partial charge in [0.2, 0.25) is 0 Å². The van der Waals surface area contributed by atoms with E-state index in [1.807, 2.05) is 0 Å². The fraction of sp³-hybridized carbons (Fsp3) is 0.600. The quantitative estimate of drug-likeness (QED) is 0.588. The van der Waals surface area contributed by atoms with E-state index in [9.17, 15) is 9.59 Å². The van der Waals surface area contributed by atoms with E-state index in [1.54, 1.807) is 3.12 Å². The molecule has 0 saturated heterocycles. The van der Waals surface area contributed by atoms with Crippen LogP contribution in [0, 0.1) is 0 Å². The van der Waals surface area contributed by atoms with Crippen LogP contribution in [0.5, 0.6) is 0 Å². The number of carbonyl (C=O) groups excluding carboxylic acids is 2. The van der Waals surface area contributed by atoms with Crippen molar-refractivity contribution in [1.82, 2.24) is 3.12 Å². The molecule has 1 aliphatic heterocycles. The van der Waals surface area contributed by atoms with Crippen molar-refractivity contribution in [3.05, 3.63) is 12.2 Å². The molecule has 0 atom stereocenters. The molecule has 1 aliphatic rings. The molecule has 14 heavy (non-hydrogen) atoms. The SMILES string of the molecule is C[CH2][Sn]([CH2]C)([CH2]C)[N]1C(=O)C=CC1=O. The Labute approximate surface area is 89.4 Å². The van der Waals surface area contributed by atoms with Gasteiger partial charge >= 0.3 is 89.4 Å². The molecular weight excluding hydrogens is 285 g/mol. The van der Waals surface area contributed by atoms with Gasteiger partial charge in [-0.25, -0.2) is 0 Å². The molecule has 0 aliphatic carbocycles. The standard InChI is InChI=1S/C4H3NO2.3C2H5.Sn/c6-3-1-2-4(7)5-3;3*1-2;/h1-2H,(H,5,6,7);3*1H2,2H3;/q;;;;+1/p-1. The summed E-state index contributed by atoms with van der Waals surface area (Å²) in [4.78, 5) is 23.2. The molecule has 0 saturated carbocycles. The normalized spacial score (nSPS) is 16.9. The first kappa shape index (κ1) is 11.8. The maximum absolute atomic E-state index is 11.6. The summed E-state index contributed by atoms with van der Waals surface area (Å²) in [6.45, 7) is 6.34. The Balaban J connectivity index is 3.00. The van der Waals surface area contributed by atoms with Crippen LogP contribution in [-0.2, 0) is 9.59 Å². The third kappa shape index (κ3) is 1.74. The van der Waals surface area contributed by atoms with Crippen molar-refractivity contribution in [2.75, 3.05) is 0 Å². The van der Waals surface area contributed by atoms with Crippen molar-refractivity contribution >= 4 is 30.5 Å². The molecule has 0 spiro atoms. The monoisotopic (exact) mass is 303 g/mol. The average Bonchev–Trinajstić information content (AvgIpc) is 2.53. The summed E-state index contributed by atoms with van der Waals surface area (Å²) in [5.41, 5.74) is 0. The minimum atomic E-state index is -2.64. The van der Waals surface area contributed by atoms with Crippen LogP contribution in [-0.4, -0.2) is 33.6 Å². The van der Waals surface area contributed by atoms with E-state index in [4.69, 9.17) is 0 Å². The molecule has 0 aromatic carbocycles. The Morgan fingerprint density at radius 1 is 1.00 bits per heavy atom. The van der Waals surface area contributed by atoms with Gasteiger partial charge in [-0.1, -0.05) is 0 Å². The van der Waals surface area contributed by atoms with Crippen LogP contribution in [0.1, 0.15) is 20.8 Å². The third-order valence-corrected chi connectivity index (χ3v) is 18.5. The summed E-state index contributed by atoms with van der Waals surface area (Å²) in [5, 5.41) is 0. The number of carbonyl (C=O) groups is 2. The zero-order valence-corrected chi connectivity index (χ0v) is 11.9. The Hall–Kier alpha value is -0.321. The number of hydrogen-bond donors (Lipinski definition) is 0. The van der Waals surface area contributed by atoms with E-state index in [-0.39, 0.29) is 11.8 Å². The zero-order chi connectivity index (χ0) is 10.8. The van der Waals surface area contributed by atoms with Gasteiger partial charge in [-0.2, -0.15) is 0 Å². The van der Waals surface area contributed by atoms with E-state index >= 15 is 0 Å². The van der Waals surface area contributed by atoms with Gasteiger partial charge in [0.1, 0.15) is 0 Å². The summed E-state index contributed by atoms with van der Waals surface area (Å²) in [5.74, 6) is -0.146. The fourth-order valence-electron chi connectivity index (χ4n) is 2.09. The van der Waals surface area contributed by atoms with Crippen LogP contribution in [0.3, 0.4) is 0 Å². The van der Waals surface area contributed by atoms with Gasteiger partial charge in [0.15, 0.2) is 0 Å². The topological polar surface area (TPSA) is 37.4 Å². The first-order chi connectivity index (χ1) is 6.61. The molecule has 0 fully saturated rings. The van der Waals surface area contributed by atoms with Crippen LogP contribution in [0.4, 0.5) is 0 Å². The van der Waals surface area contributed by atoms with Gasteiger partial charge in [0, 0.05) is 0 Å². The van der Waals surface area contributed by atoms with E-state index in [1.165, 1.54) is 12.2 Å². The van der Waals surface area contributed by atoms with Crippen LogP contribution in [0.2, 0.25) is 13.3 Å². The molecule has 0 unspecified atom stereocenters. The van der Waals surface area contributed by atoms with Gasteiger partial charge < -0.3 is 0 Å². The summed E-state index contributed by atoms with van der Waals surface area (Å²) < 4.78 is 4.71. The molecule has 3 nitrogen and oxygen atoms in total. The molecule has 1 heterocycles. The average molecular weight is 302 g/mol. The van der Waals surface area contributed by atoms with E-state index in [0.29, 0.717) is 0 Å². The van der Waals surface area contributed by atoms with Gasteiger partial charge in [-0.3, -0.25) is 0 Å². The van der Waals surface area contributed by atoms with Crippen molar-refractivity contribution in [2.24, 2.45) is 0 Å². The maximum atomic E-state index is 11.6. The van der Waals surface area contributed by atoms with Crippen LogP contribution in [0.15, 0.2) is 12.2 Å². The number of rotatable bonds is 4. The van der Waals surface area contributed by atoms with Gasteiger partial charge in [0.05, 0.1) is 0 Å². The molecule has 0 radical (unpaired) electrons. The van der Waals surface area contributed by atoms with E-state index in [0.717, 1.165) is 13.3 Å². The number of nitrogens with zero attached hydrogens (tertiary/aromatic N) is 1. The Kier molecular flexibility index (Phi) is 3.75. The summed E-state index contributed by atoms with van der Waals surface area (Å²) >= 11 is -2.64. The summed E-state index contributed by atoms with van der Waals surface area (Å²) in [6, 6.07) is 0. The van der Waals surface area contributed by atoms with Gasteiger partial charge in [-0.15, -0.1) is 0 Å². The van der Waals surface area contributed by atoms with Crippen molar-refractivity contribution in [3.8, 4) is 0 Å². The Morgan fingerprint density at radius 3 is 1.64 bits per heavy atom. The van der Waals surface area contributed by atoms with Crippen molar-refractivity contribution in [2.45, 2.75) is 34.1 Å². The molecule has 0 bridgehead atoms. The van der Waals surface area contributed by atoms with Crippen LogP contribution >= 0.6 is 0 Å². The second kappa shape index (κ2) is 4.47. The summed E-state index contributed by atoms with van der Waals surface area (Å²) in [7, 11) is 0. The molecule has 2 amide bonds. The van der Waals surface area contributed by atoms with Crippen LogP contribution < -0.4 is 0 Å². The van der Waals surface area contributed by atoms with Crippen molar-refractivity contribution in [3.63, 3.8) is 0 Å². The van der Waals surface area contributed by atoms with Crippen LogP contribution in [0.25, 0.3) is 0 Å². The first-order valence-corrected chi connectivity index (χ1v) is 12.5. The number of hydrogen-bond acceptors (Lipinski definition) is 2. The van der Waals surface area contributed by atoms with Gasteiger partial charge in [-0.05, 0) is 0 Å². The molecule has 0 N–H and O–H groups in total. The van der Waals surface area contributed by atoms with E-state index in [2.05, 4.69) is 20.8 Å². The van der Waals surface area contributed by atoms with E-state index < -0.39 is 18.7 Å². The molecule has 0 aromatic rings. The number of imide groups is 1. The minimum absolute atomic E-state index is 0.0728. The van der Waals surface area contributed by atoms with Crippen molar-refractivity contribution < 1.29 is 9.59 Å².